The first-order valence-electron chi connectivity index (χ1n) is 8.27. The van der Waals surface area contributed by atoms with Gasteiger partial charge in [0.2, 0.25) is 0 Å². The number of aliphatic hydroxyl groups excluding tert-OH is 2. The van der Waals surface area contributed by atoms with Crippen LogP contribution in [0.2, 0.25) is 0 Å². The van der Waals surface area contributed by atoms with Crippen LogP contribution in [0.1, 0.15) is 27.8 Å². The molecule has 2 N–H and O–H groups in total. The summed E-state index contributed by atoms with van der Waals surface area (Å²) in [6.45, 7) is 1.21. The molecular formula is C18H20N4O3. The summed E-state index contributed by atoms with van der Waals surface area (Å²) < 4.78 is 3.76. The number of carbonyl (C=O) groups excluding carboxylic acids is 1. The Labute approximate surface area is 144 Å². The first-order valence-corrected chi connectivity index (χ1v) is 8.27. The Hall–Kier alpha value is -2.64. The number of nitrogens with zero attached hydrogens (tertiary/aromatic N) is 4. The highest BCUT2D eigenvalue weighted by molar-refractivity contribution is 6.07. The zero-order valence-electron chi connectivity index (χ0n) is 14.0. The molecule has 1 aliphatic heterocycles. The largest absolute Gasteiger partial charge is 0.393 e. The van der Waals surface area contributed by atoms with Gasteiger partial charge in [-0.3, -0.25) is 9.48 Å². The highest BCUT2D eigenvalue weighted by Gasteiger charge is 2.26. The van der Waals surface area contributed by atoms with Crippen molar-refractivity contribution in [2.75, 3.05) is 13.2 Å². The van der Waals surface area contributed by atoms with Gasteiger partial charge >= 0.3 is 0 Å². The number of hydrogen-bond donors (Lipinski definition) is 2. The van der Waals surface area contributed by atoms with Gasteiger partial charge < -0.3 is 19.7 Å². The summed E-state index contributed by atoms with van der Waals surface area (Å²) in [5, 5.41) is 24.1. The Bertz CT molecular complexity index is 943. The first kappa shape index (κ1) is 15.9. The standard InChI is InChI=1S/C18H20N4O3/c1-20-10-14(13-4-2-3-5-16(13)20)18(25)21-6-7-22-12(9-21)8-15(19-22)17(24)11-23/h2-5,8,10,17,23-24H,6-7,9,11H2,1H3. The predicted octanol–water partition coefficient (Wildman–Crippen LogP) is 1.06. The molecule has 7 nitrogen and oxygen atoms in total. The van der Waals surface area contributed by atoms with Crippen molar-refractivity contribution in [3.05, 3.63) is 53.5 Å². The second-order valence-electron chi connectivity index (χ2n) is 6.38. The van der Waals surface area contributed by atoms with E-state index in [4.69, 9.17) is 5.11 Å². The molecule has 0 saturated heterocycles. The molecule has 1 atom stereocenters. The lowest BCUT2D eigenvalue weighted by Gasteiger charge is -2.27. The molecule has 25 heavy (non-hydrogen) atoms. The van der Waals surface area contributed by atoms with Crippen LogP contribution < -0.4 is 0 Å². The van der Waals surface area contributed by atoms with E-state index in [0.717, 1.165) is 16.6 Å². The SMILES string of the molecule is Cn1cc(C(=O)N2CCn3nc(C(O)CO)cc3C2)c2ccccc21. The molecule has 3 aromatic rings. The van der Waals surface area contributed by atoms with Crippen LogP contribution >= 0.6 is 0 Å². The van der Waals surface area contributed by atoms with E-state index in [-0.39, 0.29) is 12.5 Å². The molecule has 4 rings (SSSR count). The molecule has 0 fully saturated rings. The van der Waals surface area contributed by atoms with Crippen LogP contribution in [0.25, 0.3) is 10.9 Å². The topological polar surface area (TPSA) is 83.5 Å². The van der Waals surface area contributed by atoms with E-state index < -0.39 is 6.10 Å². The van der Waals surface area contributed by atoms with Crippen molar-refractivity contribution in [1.82, 2.24) is 19.2 Å². The van der Waals surface area contributed by atoms with Gasteiger partial charge in [-0.1, -0.05) is 18.2 Å². The molecule has 1 amide bonds. The normalized spacial score (nSPS) is 15.4. The van der Waals surface area contributed by atoms with Gasteiger partial charge in [-0.15, -0.1) is 0 Å². The van der Waals surface area contributed by atoms with Gasteiger partial charge in [0.05, 0.1) is 36.6 Å². The quantitative estimate of drug-likeness (QED) is 0.747. The van der Waals surface area contributed by atoms with Crippen molar-refractivity contribution < 1.29 is 15.0 Å². The average molecular weight is 340 g/mol. The lowest BCUT2D eigenvalue weighted by atomic mass is 10.1. The fourth-order valence-electron chi connectivity index (χ4n) is 3.40. The third kappa shape index (κ3) is 2.61. The molecule has 0 saturated carbocycles. The third-order valence-corrected chi connectivity index (χ3v) is 4.75. The number of carbonyl (C=O) groups is 1. The molecule has 2 aromatic heterocycles. The Balaban J connectivity index is 1.62. The van der Waals surface area contributed by atoms with Crippen LogP contribution in [0.4, 0.5) is 0 Å². The summed E-state index contributed by atoms with van der Waals surface area (Å²) in [6, 6.07) is 9.62. The third-order valence-electron chi connectivity index (χ3n) is 4.75. The van der Waals surface area contributed by atoms with Crippen molar-refractivity contribution in [3.63, 3.8) is 0 Å². The van der Waals surface area contributed by atoms with E-state index in [1.807, 2.05) is 42.1 Å². The van der Waals surface area contributed by atoms with Crippen molar-refractivity contribution in [2.24, 2.45) is 7.05 Å². The monoisotopic (exact) mass is 340 g/mol. The van der Waals surface area contributed by atoms with E-state index in [0.29, 0.717) is 30.9 Å². The Morgan fingerprint density at radius 2 is 2.12 bits per heavy atom. The molecule has 1 aliphatic rings. The predicted molar refractivity (Wildman–Crippen MR) is 91.9 cm³/mol. The van der Waals surface area contributed by atoms with Crippen LogP contribution in [-0.4, -0.2) is 48.5 Å². The Kier molecular flexibility index (Phi) is 3.82. The van der Waals surface area contributed by atoms with Crippen molar-refractivity contribution in [2.45, 2.75) is 19.2 Å². The molecule has 0 aliphatic carbocycles. The minimum Gasteiger partial charge on any atom is -0.393 e. The minimum absolute atomic E-state index is 0.00601. The lowest BCUT2D eigenvalue weighted by Crippen LogP contribution is -2.38. The molecule has 7 heteroatoms. The number of aryl methyl sites for hydroxylation is 1. The molecule has 130 valence electrons. The van der Waals surface area contributed by atoms with E-state index in [2.05, 4.69) is 5.10 Å². The number of aromatic nitrogens is 3. The molecule has 1 unspecified atom stereocenters. The molecular weight excluding hydrogens is 320 g/mol. The van der Waals surface area contributed by atoms with Crippen LogP contribution in [0, 0.1) is 0 Å². The van der Waals surface area contributed by atoms with E-state index in [1.54, 1.807) is 15.6 Å². The van der Waals surface area contributed by atoms with Crippen LogP contribution in [0.5, 0.6) is 0 Å². The minimum atomic E-state index is -0.986. The van der Waals surface area contributed by atoms with Gasteiger partial charge in [-0.2, -0.15) is 5.10 Å². The number of amides is 1. The lowest BCUT2D eigenvalue weighted by molar-refractivity contribution is 0.0706. The van der Waals surface area contributed by atoms with Gasteiger partial charge in [0, 0.05) is 30.7 Å². The smallest absolute Gasteiger partial charge is 0.256 e. The zero-order valence-corrected chi connectivity index (χ0v) is 14.0. The zero-order chi connectivity index (χ0) is 17.6. The number of hydrogen-bond acceptors (Lipinski definition) is 4. The number of rotatable bonds is 3. The fraction of sp³-hybridized carbons (Fsp3) is 0.333. The van der Waals surface area contributed by atoms with Gasteiger partial charge in [-0.05, 0) is 12.1 Å². The second-order valence-corrected chi connectivity index (χ2v) is 6.38. The maximum atomic E-state index is 13.0. The maximum absolute atomic E-state index is 13.0. The molecule has 0 bridgehead atoms. The van der Waals surface area contributed by atoms with E-state index in [9.17, 15) is 9.90 Å². The van der Waals surface area contributed by atoms with Crippen LogP contribution in [0.3, 0.4) is 0 Å². The van der Waals surface area contributed by atoms with E-state index in [1.165, 1.54) is 0 Å². The number of para-hydroxylation sites is 1. The average Bonchev–Trinajstić information content (AvgIpc) is 3.21. The second kappa shape index (κ2) is 6.02. The molecule has 0 radical (unpaired) electrons. The first-order chi connectivity index (χ1) is 12.1. The highest BCUT2D eigenvalue weighted by atomic mass is 16.3. The van der Waals surface area contributed by atoms with Gasteiger partial charge in [-0.25, -0.2) is 0 Å². The van der Waals surface area contributed by atoms with Crippen LogP contribution in [-0.2, 0) is 20.1 Å². The van der Waals surface area contributed by atoms with Gasteiger partial charge in [0.15, 0.2) is 0 Å². The van der Waals surface area contributed by atoms with Crippen molar-refractivity contribution in [1.29, 1.82) is 0 Å². The maximum Gasteiger partial charge on any atom is 0.256 e. The van der Waals surface area contributed by atoms with E-state index >= 15 is 0 Å². The molecule has 3 heterocycles. The number of fused-ring (bicyclic) bond motifs is 2. The summed E-state index contributed by atoms with van der Waals surface area (Å²) in [6.07, 6.45) is 0.889. The number of benzene rings is 1. The Morgan fingerprint density at radius 3 is 2.92 bits per heavy atom. The molecule has 1 aromatic carbocycles. The summed E-state index contributed by atoms with van der Waals surface area (Å²) in [4.78, 5) is 14.8. The molecule has 0 spiro atoms. The van der Waals surface area contributed by atoms with Gasteiger partial charge in [0.25, 0.3) is 5.91 Å². The van der Waals surface area contributed by atoms with Crippen LogP contribution in [0.15, 0.2) is 36.5 Å². The van der Waals surface area contributed by atoms with Crippen molar-refractivity contribution in [3.8, 4) is 0 Å². The van der Waals surface area contributed by atoms with Crippen molar-refractivity contribution >= 4 is 16.8 Å². The highest BCUT2D eigenvalue weighted by Crippen LogP contribution is 2.24. The summed E-state index contributed by atoms with van der Waals surface area (Å²) in [5.74, 6) is -0.00601. The summed E-state index contributed by atoms with van der Waals surface area (Å²) in [5.41, 5.74) is 3.03. The Morgan fingerprint density at radius 1 is 1.32 bits per heavy atom. The fourth-order valence-corrected chi connectivity index (χ4v) is 3.40. The summed E-state index contributed by atoms with van der Waals surface area (Å²) >= 11 is 0. The summed E-state index contributed by atoms with van der Waals surface area (Å²) in [7, 11) is 1.94. The number of aliphatic hydroxyl groups is 2. The van der Waals surface area contributed by atoms with Gasteiger partial charge in [0.1, 0.15) is 6.10 Å².